The number of hydrogen-bond acceptors (Lipinski definition) is 8. The second-order valence-electron chi connectivity index (χ2n) is 9.32. The molecule has 0 aliphatic carbocycles. The molecule has 0 atom stereocenters. The van der Waals surface area contributed by atoms with E-state index in [1.165, 1.54) is 11.3 Å². The van der Waals surface area contributed by atoms with Crippen LogP contribution in [0.5, 0.6) is 0 Å². The van der Waals surface area contributed by atoms with Crippen molar-refractivity contribution >= 4 is 55.1 Å². The van der Waals surface area contributed by atoms with Crippen molar-refractivity contribution < 1.29 is 30.6 Å². The number of aryl methyl sites for hydroxylation is 2. The maximum Gasteiger partial charge on any atom is 0.289 e. The fraction of sp³-hybridized carbons (Fsp3) is 0.333. The highest BCUT2D eigenvalue weighted by atomic mass is 32.2. The fourth-order valence-electron chi connectivity index (χ4n) is 4.32. The molecule has 2 heterocycles. The van der Waals surface area contributed by atoms with Gasteiger partial charge in [0.05, 0.1) is 22.2 Å². The third kappa shape index (κ3) is 8.48. The molecule has 0 saturated heterocycles. The van der Waals surface area contributed by atoms with Crippen molar-refractivity contribution in [3.63, 3.8) is 0 Å². The molecule has 0 bridgehead atoms. The predicted molar refractivity (Wildman–Crippen MR) is 161 cm³/mol. The maximum atomic E-state index is 11.4. The summed E-state index contributed by atoms with van der Waals surface area (Å²) in [5, 5.41) is 7.15. The number of fused-ring (bicyclic) bond motifs is 1. The number of anilines is 1. The molecule has 0 spiro atoms. The van der Waals surface area contributed by atoms with Crippen molar-refractivity contribution in [3.8, 4) is 11.1 Å². The molecule has 0 amide bonds. The van der Waals surface area contributed by atoms with E-state index in [1.54, 1.807) is 16.4 Å². The van der Waals surface area contributed by atoms with Crippen LogP contribution >= 0.6 is 23.1 Å². The molecule has 13 heteroatoms. The van der Waals surface area contributed by atoms with Crippen molar-refractivity contribution in [1.29, 1.82) is 0 Å². The second kappa shape index (κ2) is 13.0. The fourth-order valence-corrected chi connectivity index (χ4v) is 7.34. The third-order valence-electron chi connectivity index (χ3n) is 6.19. The van der Waals surface area contributed by atoms with Gasteiger partial charge in [0, 0.05) is 29.0 Å². The van der Waals surface area contributed by atoms with Crippen LogP contribution in [0.1, 0.15) is 36.2 Å². The van der Waals surface area contributed by atoms with Gasteiger partial charge >= 0.3 is 0 Å². The summed E-state index contributed by atoms with van der Waals surface area (Å²) >= 11 is 3.10. The SMILES string of the molecule is CCC(=Cc1sc(C)n[n+]1CCCS(=O)(=O)O)C=C1Sc2ccc(-c3ccccc3)cc2N1CCCS(=O)(=O)O. The van der Waals surface area contributed by atoms with Crippen LogP contribution < -0.4 is 9.58 Å². The average Bonchev–Trinajstić information content (AvgIpc) is 3.41. The molecular formula is C27H32N3O6S4+. The normalized spacial score (nSPS) is 15.2. The Kier molecular flexibility index (Phi) is 9.85. The van der Waals surface area contributed by atoms with E-state index in [1.807, 2.05) is 50.3 Å². The number of allylic oxidation sites excluding steroid dienone is 2. The lowest BCUT2D eigenvalue weighted by molar-refractivity contribution is -0.750. The van der Waals surface area contributed by atoms with Gasteiger partial charge in [0.2, 0.25) is 0 Å². The molecular weight excluding hydrogens is 591 g/mol. The molecule has 2 aromatic carbocycles. The van der Waals surface area contributed by atoms with Crippen molar-refractivity contribution in [2.75, 3.05) is 23.0 Å². The first-order valence-electron chi connectivity index (χ1n) is 12.8. The Morgan fingerprint density at radius 2 is 1.70 bits per heavy atom. The van der Waals surface area contributed by atoms with Gasteiger partial charge in [0.15, 0.2) is 11.6 Å². The maximum absolute atomic E-state index is 11.4. The molecule has 214 valence electrons. The summed E-state index contributed by atoms with van der Waals surface area (Å²) in [4.78, 5) is 3.15. The standard InChI is InChI=1S/C27H31N3O6S4/c1-3-21(18-27-30(28-20(2)37-27)14-8-16-40(34,35)36)17-26-29(13-7-15-39(31,32)33)24-19-23(11-12-25(24)38-26)22-9-5-4-6-10-22/h4-6,9-12,17-19H,3,7-8,13-16H2,1-2H3,(H-,31,32,33,34,35,36)/p+1. The summed E-state index contributed by atoms with van der Waals surface area (Å²) in [5.41, 5.74) is 4.14. The minimum absolute atomic E-state index is 0.243. The summed E-state index contributed by atoms with van der Waals surface area (Å²) in [6, 6.07) is 16.3. The number of hydrogen-bond donors (Lipinski definition) is 2. The Labute approximate surface area is 243 Å². The van der Waals surface area contributed by atoms with Gasteiger partial charge in [-0.1, -0.05) is 59.8 Å². The quantitative estimate of drug-likeness (QED) is 0.207. The molecule has 3 aromatic rings. The van der Waals surface area contributed by atoms with E-state index in [9.17, 15) is 21.4 Å². The van der Waals surface area contributed by atoms with Gasteiger partial charge in [0.1, 0.15) is 0 Å². The first-order valence-corrected chi connectivity index (χ1v) is 17.6. The molecule has 1 aliphatic heterocycles. The van der Waals surface area contributed by atoms with Crippen LogP contribution in [-0.4, -0.2) is 49.1 Å². The number of nitrogens with zero attached hydrogens (tertiary/aromatic N) is 3. The van der Waals surface area contributed by atoms with Gasteiger partial charge in [-0.2, -0.15) is 16.8 Å². The van der Waals surface area contributed by atoms with Crippen LogP contribution in [0.3, 0.4) is 0 Å². The van der Waals surface area contributed by atoms with E-state index in [4.69, 9.17) is 4.55 Å². The summed E-state index contributed by atoms with van der Waals surface area (Å²) in [6.45, 7) is 4.70. The minimum atomic E-state index is -4.08. The van der Waals surface area contributed by atoms with Crippen LogP contribution in [0.15, 0.2) is 70.1 Å². The Morgan fingerprint density at radius 1 is 1.00 bits per heavy atom. The summed E-state index contributed by atoms with van der Waals surface area (Å²) in [7, 11) is -8.11. The van der Waals surface area contributed by atoms with E-state index in [-0.39, 0.29) is 24.3 Å². The van der Waals surface area contributed by atoms with Crippen molar-refractivity contribution in [2.24, 2.45) is 0 Å². The highest BCUT2D eigenvalue weighted by Crippen LogP contribution is 2.48. The van der Waals surface area contributed by atoms with Gasteiger partial charge in [0.25, 0.3) is 25.2 Å². The number of benzene rings is 2. The van der Waals surface area contributed by atoms with E-state index < -0.39 is 20.2 Å². The molecule has 0 fully saturated rings. The van der Waals surface area contributed by atoms with Gasteiger partial charge in [-0.3, -0.25) is 9.11 Å². The lowest BCUT2D eigenvalue weighted by atomic mass is 10.0. The Hall–Kier alpha value is -2.55. The van der Waals surface area contributed by atoms with Crippen LogP contribution in [-0.2, 0) is 26.8 Å². The number of thioether (sulfide) groups is 1. The highest BCUT2D eigenvalue weighted by Gasteiger charge is 2.26. The Morgan fingerprint density at radius 3 is 2.38 bits per heavy atom. The van der Waals surface area contributed by atoms with Crippen molar-refractivity contribution in [3.05, 3.63) is 75.2 Å². The molecule has 40 heavy (non-hydrogen) atoms. The molecule has 0 unspecified atom stereocenters. The summed E-state index contributed by atoms with van der Waals surface area (Å²) in [5.74, 6) is -0.655. The second-order valence-corrected chi connectivity index (χ2v) is 14.7. The molecule has 9 nitrogen and oxygen atoms in total. The third-order valence-corrected chi connectivity index (χ3v) is 9.82. The molecule has 1 aromatic heterocycles. The first kappa shape index (κ1) is 30.4. The van der Waals surface area contributed by atoms with E-state index in [0.29, 0.717) is 13.1 Å². The minimum Gasteiger partial charge on any atom is -0.335 e. The summed E-state index contributed by atoms with van der Waals surface area (Å²) in [6.07, 6.45) is 5.33. The Balaban J connectivity index is 1.65. The molecule has 4 rings (SSSR count). The predicted octanol–water partition coefficient (Wildman–Crippen LogP) is 5.21. The lowest BCUT2D eigenvalue weighted by Gasteiger charge is -2.21. The zero-order chi connectivity index (χ0) is 28.9. The molecule has 2 N–H and O–H groups in total. The van der Waals surface area contributed by atoms with E-state index in [2.05, 4.69) is 34.3 Å². The van der Waals surface area contributed by atoms with Gasteiger partial charge < -0.3 is 4.90 Å². The van der Waals surface area contributed by atoms with Crippen LogP contribution in [0.4, 0.5) is 5.69 Å². The molecule has 0 saturated carbocycles. The molecule has 0 radical (unpaired) electrons. The first-order chi connectivity index (χ1) is 18.9. The average molecular weight is 623 g/mol. The topological polar surface area (TPSA) is 129 Å². The lowest BCUT2D eigenvalue weighted by Crippen LogP contribution is -2.39. The highest BCUT2D eigenvalue weighted by molar-refractivity contribution is 8.03. The van der Waals surface area contributed by atoms with Gasteiger partial charge in [-0.25, -0.2) is 0 Å². The van der Waals surface area contributed by atoms with Crippen molar-refractivity contribution in [1.82, 2.24) is 5.10 Å². The van der Waals surface area contributed by atoms with Gasteiger partial charge in [-0.15, -0.1) is 0 Å². The number of rotatable bonds is 12. The largest absolute Gasteiger partial charge is 0.335 e. The van der Waals surface area contributed by atoms with Crippen LogP contribution in [0, 0.1) is 6.92 Å². The van der Waals surface area contributed by atoms with Gasteiger partial charge in [-0.05, 0) is 66.0 Å². The van der Waals surface area contributed by atoms with Crippen LogP contribution in [0.25, 0.3) is 17.2 Å². The molecule has 1 aliphatic rings. The monoisotopic (exact) mass is 622 g/mol. The zero-order valence-electron chi connectivity index (χ0n) is 22.2. The van der Waals surface area contributed by atoms with E-state index in [0.717, 1.165) is 48.7 Å². The van der Waals surface area contributed by atoms with Crippen LogP contribution in [0.2, 0.25) is 0 Å². The number of aromatic nitrogens is 2. The Bertz CT molecular complexity index is 1630. The van der Waals surface area contributed by atoms with Crippen molar-refractivity contribution in [2.45, 2.75) is 44.6 Å². The smallest absolute Gasteiger partial charge is 0.289 e. The summed E-state index contributed by atoms with van der Waals surface area (Å²) < 4.78 is 65.2. The zero-order valence-corrected chi connectivity index (χ0v) is 25.5. The van der Waals surface area contributed by atoms with E-state index >= 15 is 0 Å².